The van der Waals surface area contributed by atoms with Gasteiger partial charge in [0.15, 0.2) is 0 Å². The Labute approximate surface area is 164 Å². The van der Waals surface area contributed by atoms with Crippen molar-refractivity contribution in [3.63, 3.8) is 0 Å². The van der Waals surface area contributed by atoms with Gasteiger partial charge in [0.2, 0.25) is 0 Å². The number of alkyl halides is 3. The Morgan fingerprint density at radius 1 is 1.11 bits per heavy atom. The molecular weight excluding hydrogens is 385 g/mol. The summed E-state index contributed by atoms with van der Waals surface area (Å²) in [5, 5.41) is 3.21. The molecule has 3 rings (SSSR count). The van der Waals surface area contributed by atoms with E-state index in [0.29, 0.717) is 21.1 Å². The number of halogens is 3. The van der Waals surface area contributed by atoms with Gasteiger partial charge in [-0.2, -0.15) is 13.2 Å². The molecule has 3 nitrogen and oxygen atoms in total. The third kappa shape index (κ3) is 4.78. The molecule has 0 saturated heterocycles. The lowest BCUT2D eigenvalue weighted by Crippen LogP contribution is -2.23. The van der Waals surface area contributed by atoms with Crippen LogP contribution >= 0.6 is 11.3 Å². The van der Waals surface area contributed by atoms with Crippen molar-refractivity contribution in [3.8, 4) is 22.4 Å². The third-order valence-electron chi connectivity index (χ3n) is 3.81. The highest BCUT2D eigenvalue weighted by molar-refractivity contribution is 7.17. The number of rotatable bonds is 3. The van der Waals surface area contributed by atoms with Gasteiger partial charge in [-0.25, -0.2) is 4.98 Å². The number of thiazole rings is 1. The van der Waals surface area contributed by atoms with Crippen molar-refractivity contribution in [2.75, 3.05) is 6.54 Å². The monoisotopic (exact) mass is 400 g/mol. The lowest BCUT2D eigenvalue weighted by atomic mass is 10.1. The van der Waals surface area contributed by atoms with Crippen LogP contribution in [-0.2, 0) is 6.18 Å². The molecule has 2 aromatic carbocycles. The summed E-state index contributed by atoms with van der Waals surface area (Å²) in [7, 11) is 0. The van der Waals surface area contributed by atoms with Crippen molar-refractivity contribution < 1.29 is 18.0 Å². The zero-order chi connectivity index (χ0) is 20.1. The van der Waals surface area contributed by atoms with Gasteiger partial charge < -0.3 is 5.32 Å². The molecule has 0 fully saturated rings. The number of aryl methyl sites for hydroxylation is 1. The number of aromatic nitrogens is 1. The molecule has 0 unspecified atom stereocenters. The van der Waals surface area contributed by atoms with E-state index in [-0.39, 0.29) is 12.5 Å². The number of hydrogen-bond acceptors (Lipinski definition) is 3. The number of nitrogens with zero attached hydrogens (tertiary/aromatic N) is 1. The smallest absolute Gasteiger partial charge is 0.340 e. The minimum atomic E-state index is -4.39. The van der Waals surface area contributed by atoms with E-state index in [1.165, 1.54) is 12.1 Å². The maximum atomic E-state index is 12.7. The van der Waals surface area contributed by atoms with E-state index in [4.69, 9.17) is 0 Å². The van der Waals surface area contributed by atoms with Crippen LogP contribution in [0.4, 0.5) is 13.2 Å². The summed E-state index contributed by atoms with van der Waals surface area (Å²) in [5.41, 5.74) is 1.19. The van der Waals surface area contributed by atoms with Crippen LogP contribution in [0.3, 0.4) is 0 Å². The SMILES string of the molecule is Cc1nc(-c2ccc(C(F)(F)F)cc2)sc1C(=O)NCC#Cc1ccccc1. The van der Waals surface area contributed by atoms with Crippen molar-refractivity contribution in [1.29, 1.82) is 0 Å². The number of hydrogen-bond donors (Lipinski definition) is 1. The summed E-state index contributed by atoms with van der Waals surface area (Å²) < 4.78 is 38.0. The van der Waals surface area contributed by atoms with Crippen molar-refractivity contribution in [2.45, 2.75) is 13.1 Å². The van der Waals surface area contributed by atoms with Crippen LogP contribution in [0.5, 0.6) is 0 Å². The number of carbonyl (C=O) groups is 1. The molecule has 0 spiro atoms. The Morgan fingerprint density at radius 2 is 1.79 bits per heavy atom. The largest absolute Gasteiger partial charge is 0.416 e. The lowest BCUT2D eigenvalue weighted by Gasteiger charge is -2.06. The first-order valence-corrected chi connectivity index (χ1v) is 9.13. The second-order valence-electron chi connectivity index (χ2n) is 5.86. The average Bonchev–Trinajstić information content (AvgIpc) is 3.07. The lowest BCUT2D eigenvalue weighted by molar-refractivity contribution is -0.137. The minimum Gasteiger partial charge on any atom is -0.340 e. The van der Waals surface area contributed by atoms with Crippen LogP contribution in [-0.4, -0.2) is 17.4 Å². The number of benzene rings is 2. The normalized spacial score (nSPS) is 10.9. The Kier molecular flexibility index (Phi) is 5.81. The summed E-state index contributed by atoms with van der Waals surface area (Å²) in [4.78, 5) is 17.1. The zero-order valence-corrected chi connectivity index (χ0v) is 15.6. The second kappa shape index (κ2) is 8.28. The summed E-state index contributed by atoms with van der Waals surface area (Å²) in [6, 6.07) is 14.1. The standard InChI is InChI=1S/C21H15F3N2OS/c1-14-18(19(27)25-13-5-8-15-6-3-2-4-7-15)28-20(26-14)16-9-11-17(12-10-16)21(22,23)24/h2-4,6-7,9-12H,13H2,1H3,(H,25,27). The summed E-state index contributed by atoms with van der Waals surface area (Å²) >= 11 is 1.14. The Hall–Kier alpha value is -3.11. The molecule has 28 heavy (non-hydrogen) atoms. The van der Waals surface area contributed by atoms with Gasteiger partial charge in [0.05, 0.1) is 17.8 Å². The maximum absolute atomic E-state index is 12.7. The van der Waals surface area contributed by atoms with Crippen molar-refractivity contribution in [3.05, 3.63) is 76.3 Å². The first kappa shape index (κ1) is 19.6. The first-order valence-electron chi connectivity index (χ1n) is 8.32. The fourth-order valence-electron chi connectivity index (χ4n) is 2.40. The quantitative estimate of drug-likeness (QED) is 0.634. The van der Waals surface area contributed by atoms with Crippen LogP contribution in [0, 0.1) is 18.8 Å². The average molecular weight is 400 g/mol. The van der Waals surface area contributed by atoms with Crippen LogP contribution in [0.25, 0.3) is 10.6 Å². The summed E-state index contributed by atoms with van der Waals surface area (Å²) in [6.07, 6.45) is -4.39. The van der Waals surface area contributed by atoms with E-state index in [0.717, 1.165) is 29.0 Å². The van der Waals surface area contributed by atoms with Gasteiger partial charge in [-0.1, -0.05) is 42.2 Å². The second-order valence-corrected chi connectivity index (χ2v) is 6.86. The topological polar surface area (TPSA) is 42.0 Å². The van der Waals surface area contributed by atoms with Gasteiger partial charge in [-0.05, 0) is 31.2 Å². The fraction of sp³-hybridized carbons (Fsp3) is 0.143. The molecule has 142 valence electrons. The molecule has 0 atom stereocenters. The molecule has 1 aromatic heterocycles. The summed E-state index contributed by atoms with van der Waals surface area (Å²) in [6.45, 7) is 1.87. The van der Waals surface area contributed by atoms with E-state index in [2.05, 4.69) is 22.1 Å². The molecule has 0 bridgehead atoms. The molecule has 1 N–H and O–H groups in total. The van der Waals surface area contributed by atoms with Crippen LogP contribution in [0.1, 0.15) is 26.5 Å². The molecular formula is C21H15F3N2OS. The molecule has 1 heterocycles. The maximum Gasteiger partial charge on any atom is 0.416 e. The van der Waals surface area contributed by atoms with Crippen LogP contribution < -0.4 is 5.32 Å². The molecule has 0 radical (unpaired) electrons. The molecule has 0 aliphatic carbocycles. The molecule has 0 aliphatic rings. The Morgan fingerprint density at radius 3 is 2.43 bits per heavy atom. The Balaban J connectivity index is 1.68. The highest BCUT2D eigenvalue weighted by Crippen LogP contribution is 2.32. The number of carbonyl (C=O) groups excluding carboxylic acids is 1. The van der Waals surface area contributed by atoms with E-state index in [1.54, 1.807) is 6.92 Å². The molecule has 3 aromatic rings. The summed E-state index contributed by atoms with van der Waals surface area (Å²) in [5.74, 6) is 5.51. The van der Waals surface area contributed by atoms with Crippen molar-refractivity contribution >= 4 is 17.2 Å². The van der Waals surface area contributed by atoms with Crippen molar-refractivity contribution in [1.82, 2.24) is 10.3 Å². The van der Waals surface area contributed by atoms with Gasteiger partial charge in [0, 0.05) is 11.1 Å². The van der Waals surface area contributed by atoms with Gasteiger partial charge in [-0.15, -0.1) is 11.3 Å². The number of nitrogens with one attached hydrogen (secondary N) is 1. The van der Waals surface area contributed by atoms with E-state index in [9.17, 15) is 18.0 Å². The third-order valence-corrected chi connectivity index (χ3v) is 5.01. The van der Waals surface area contributed by atoms with Gasteiger partial charge in [-0.3, -0.25) is 4.79 Å². The van der Waals surface area contributed by atoms with E-state index < -0.39 is 11.7 Å². The molecule has 0 aliphatic heterocycles. The molecule has 0 saturated carbocycles. The van der Waals surface area contributed by atoms with Gasteiger partial charge in [0.25, 0.3) is 5.91 Å². The van der Waals surface area contributed by atoms with Crippen LogP contribution in [0.15, 0.2) is 54.6 Å². The number of amides is 1. The molecule has 7 heteroatoms. The van der Waals surface area contributed by atoms with E-state index in [1.807, 2.05) is 30.3 Å². The van der Waals surface area contributed by atoms with Gasteiger partial charge in [0.1, 0.15) is 9.88 Å². The zero-order valence-electron chi connectivity index (χ0n) is 14.8. The van der Waals surface area contributed by atoms with Crippen molar-refractivity contribution in [2.24, 2.45) is 0 Å². The first-order chi connectivity index (χ1) is 13.3. The fourth-order valence-corrected chi connectivity index (χ4v) is 3.39. The van der Waals surface area contributed by atoms with E-state index >= 15 is 0 Å². The Bertz CT molecular complexity index is 1030. The molecule has 1 amide bonds. The minimum absolute atomic E-state index is 0.181. The predicted octanol–water partition coefficient (Wildman–Crippen LogP) is 4.92. The highest BCUT2D eigenvalue weighted by Gasteiger charge is 2.30. The predicted molar refractivity (Wildman–Crippen MR) is 103 cm³/mol. The van der Waals surface area contributed by atoms with Crippen LogP contribution in [0.2, 0.25) is 0 Å². The van der Waals surface area contributed by atoms with Gasteiger partial charge >= 0.3 is 6.18 Å². The highest BCUT2D eigenvalue weighted by atomic mass is 32.1.